The maximum Gasteiger partial charge on any atom is 0.235 e. The van der Waals surface area contributed by atoms with Gasteiger partial charge in [0.25, 0.3) is 0 Å². The molecule has 106 valence electrons. The van der Waals surface area contributed by atoms with Crippen LogP contribution in [0.2, 0.25) is 5.02 Å². The van der Waals surface area contributed by atoms with Gasteiger partial charge in [-0.2, -0.15) is 0 Å². The summed E-state index contributed by atoms with van der Waals surface area (Å²) in [6, 6.07) is 6.53. The Balaban J connectivity index is 2.67. The second kappa shape index (κ2) is 5.92. The Labute approximate surface area is 119 Å². The molecule has 1 rings (SSSR count). The lowest BCUT2D eigenvalue weighted by Crippen LogP contribution is -2.43. The van der Waals surface area contributed by atoms with Crippen molar-refractivity contribution in [2.75, 3.05) is 5.75 Å². The molecule has 0 bridgehead atoms. The van der Waals surface area contributed by atoms with Gasteiger partial charge in [-0.3, -0.25) is 4.79 Å². The normalized spacial score (nSPS) is 12.2. The molecule has 6 heteroatoms. The van der Waals surface area contributed by atoms with Crippen LogP contribution in [-0.4, -0.2) is 25.6 Å². The summed E-state index contributed by atoms with van der Waals surface area (Å²) < 4.78 is 23.8. The summed E-state index contributed by atoms with van der Waals surface area (Å²) in [5.74, 6) is -1.16. The third-order valence-electron chi connectivity index (χ3n) is 2.17. The van der Waals surface area contributed by atoms with E-state index in [1.165, 1.54) is 0 Å². The molecule has 0 aliphatic rings. The van der Waals surface area contributed by atoms with Gasteiger partial charge < -0.3 is 5.32 Å². The minimum atomic E-state index is -3.47. The number of benzene rings is 1. The van der Waals surface area contributed by atoms with E-state index in [1.807, 2.05) is 0 Å². The average Bonchev–Trinajstić information content (AvgIpc) is 2.17. The minimum absolute atomic E-state index is 0.165. The third-order valence-corrected chi connectivity index (χ3v) is 3.89. The number of carbonyl (C=O) groups excluding carboxylic acids is 1. The predicted octanol–water partition coefficient (Wildman–Crippen LogP) is 2.17. The smallest absolute Gasteiger partial charge is 0.235 e. The lowest BCUT2D eigenvalue weighted by atomic mass is 10.1. The Hall–Kier alpha value is -1.07. The lowest BCUT2D eigenvalue weighted by Gasteiger charge is -2.20. The summed E-state index contributed by atoms with van der Waals surface area (Å²) in [7, 11) is -3.47. The highest BCUT2D eigenvalue weighted by Gasteiger charge is 2.21. The molecule has 0 aromatic heterocycles. The first-order chi connectivity index (χ1) is 8.57. The Bertz CT molecular complexity index is 544. The topological polar surface area (TPSA) is 63.2 Å². The van der Waals surface area contributed by atoms with E-state index in [-0.39, 0.29) is 5.75 Å². The largest absolute Gasteiger partial charge is 0.351 e. The number of halogens is 1. The summed E-state index contributed by atoms with van der Waals surface area (Å²) in [6.07, 6.45) is 0. The zero-order chi connectivity index (χ0) is 14.7. The number of hydrogen-bond acceptors (Lipinski definition) is 3. The van der Waals surface area contributed by atoms with E-state index in [0.717, 1.165) is 0 Å². The molecule has 0 heterocycles. The number of rotatable bonds is 4. The highest BCUT2D eigenvalue weighted by molar-refractivity contribution is 7.91. The lowest BCUT2D eigenvalue weighted by molar-refractivity contribution is -0.120. The molecule has 1 N–H and O–H groups in total. The highest BCUT2D eigenvalue weighted by Crippen LogP contribution is 2.12. The molecule has 0 saturated heterocycles. The number of hydrogen-bond donors (Lipinski definition) is 1. The van der Waals surface area contributed by atoms with Gasteiger partial charge in [-0.25, -0.2) is 8.42 Å². The molecule has 19 heavy (non-hydrogen) atoms. The average molecular weight is 304 g/mol. The fourth-order valence-corrected chi connectivity index (χ4v) is 2.94. The van der Waals surface area contributed by atoms with Crippen molar-refractivity contribution >= 4 is 27.3 Å². The second-order valence-electron chi connectivity index (χ2n) is 5.46. The molecular weight excluding hydrogens is 286 g/mol. The zero-order valence-corrected chi connectivity index (χ0v) is 12.8. The van der Waals surface area contributed by atoms with Crippen LogP contribution in [-0.2, 0) is 20.4 Å². The van der Waals surface area contributed by atoms with Gasteiger partial charge in [0, 0.05) is 10.6 Å². The van der Waals surface area contributed by atoms with Crippen LogP contribution in [0, 0.1) is 0 Å². The van der Waals surface area contributed by atoms with Gasteiger partial charge in [-0.15, -0.1) is 0 Å². The Morgan fingerprint density at radius 3 is 2.21 bits per heavy atom. The molecule has 0 spiro atoms. The van der Waals surface area contributed by atoms with Gasteiger partial charge in [0.15, 0.2) is 9.84 Å². The van der Waals surface area contributed by atoms with Gasteiger partial charge in [-0.1, -0.05) is 23.7 Å². The number of nitrogens with one attached hydrogen (secondary N) is 1. The van der Waals surface area contributed by atoms with E-state index >= 15 is 0 Å². The van der Waals surface area contributed by atoms with Crippen LogP contribution in [0.4, 0.5) is 0 Å². The maximum atomic E-state index is 11.9. The molecule has 0 atom stereocenters. The van der Waals surface area contributed by atoms with Crippen molar-refractivity contribution in [3.05, 3.63) is 34.9 Å². The number of amides is 1. The van der Waals surface area contributed by atoms with Crippen molar-refractivity contribution in [2.24, 2.45) is 0 Å². The Kier molecular flexibility index (Phi) is 4.98. The molecule has 0 unspecified atom stereocenters. The van der Waals surface area contributed by atoms with E-state index in [9.17, 15) is 13.2 Å². The van der Waals surface area contributed by atoms with Crippen LogP contribution < -0.4 is 5.32 Å². The van der Waals surface area contributed by atoms with Crippen LogP contribution in [0.1, 0.15) is 26.3 Å². The van der Waals surface area contributed by atoms with Crippen LogP contribution in [0.15, 0.2) is 24.3 Å². The summed E-state index contributed by atoms with van der Waals surface area (Å²) in [4.78, 5) is 11.6. The van der Waals surface area contributed by atoms with Crippen LogP contribution >= 0.6 is 11.6 Å². The van der Waals surface area contributed by atoms with Crippen LogP contribution in [0.3, 0.4) is 0 Å². The van der Waals surface area contributed by atoms with Crippen molar-refractivity contribution < 1.29 is 13.2 Å². The van der Waals surface area contributed by atoms with Crippen LogP contribution in [0.25, 0.3) is 0 Å². The van der Waals surface area contributed by atoms with E-state index in [2.05, 4.69) is 5.32 Å². The standard InChI is InChI=1S/C13H18ClNO3S/c1-13(2,3)15-12(16)9-19(17,18)8-10-4-6-11(14)7-5-10/h4-7H,8-9H2,1-3H3,(H,15,16). The van der Waals surface area contributed by atoms with Gasteiger partial charge in [0.2, 0.25) is 5.91 Å². The molecular formula is C13H18ClNO3S. The SMILES string of the molecule is CC(C)(C)NC(=O)CS(=O)(=O)Cc1ccc(Cl)cc1. The maximum absolute atomic E-state index is 11.9. The molecule has 1 aromatic carbocycles. The van der Waals surface area contributed by atoms with Gasteiger partial charge in [0.1, 0.15) is 5.75 Å². The zero-order valence-electron chi connectivity index (χ0n) is 11.2. The fraction of sp³-hybridized carbons (Fsp3) is 0.462. The highest BCUT2D eigenvalue weighted by atomic mass is 35.5. The number of carbonyl (C=O) groups is 1. The first kappa shape index (κ1) is 16.0. The number of sulfone groups is 1. The molecule has 1 aromatic rings. The van der Waals surface area contributed by atoms with Crippen molar-refractivity contribution in [3.63, 3.8) is 0 Å². The Morgan fingerprint density at radius 2 is 1.74 bits per heavy atom. The van der Waals surface area contributed by atoms with E-state index in [4.69, 9.17) is 11.6 Å². The second-order valence-corrected chi connectivity index (χ2v) is 7.96. The summed E-state index contributed by atoms with van der Waals surface area (Å²) in [5.41, 5.74) is 0.181. The molecule has 0 saturated carbocycles. The Morgan fingerprint density at radius 1 is 1.21 bits per heavy atom. The van der Waals surface area contributed by atoms with Crippen molar-refractivity contribution in [2.45, 2.75) is 32.1 Å². The molecule has 1 amide bonds. The molecule has 0 fully saturated rings. The van der Waals surface area contributed by atoms with E-state index in [0.29, 0.717) is 10.6 Å². The van der Waals surface area contributed by atoms with Gasteiger partial charge in [-0.05, 0) is 38.5 Å². The van der Waals surface area contributed by atoms with Crippen molar-refractivity contribution in [1.29, 1.82) is 0 Å². The first-order valence-electron chi connectivity index (χ1n) is 5.83. The third kappa shape index (κ3) is 6.59. The molecule has 0 radical (unpaired) electrons. The van der Waals surface area contributed by atoms with Crippen molar-refractivity contribution in [1.82, 2.24) is 5.32 Å². The molecule has 0 aliphatic carbocycles. The summed E-state index contributed by atoms with van der Waals surface area (Å²) in [6.45, 7) is 5.41. The van der Waals surface area contributed by atoms with Gasteiger partial charge in [0.05, 0.1) is 5.75 Å². The van der Waals surface area contributed by atoms with E-state index < -0.39 is 27.0 Å². The summed E-state index contributed by atoms with van der Waals surface area (Å²) >= 11 is 5.73. The minimum Gasteiger partial charge on any atom is -0.351 e. The van der Waals surface area contributed by atoms with Gasteiger partial charge >= 0.3 is 0 Å². The monoisotopic (exact) mass is 303 g/mol. The predicted molar refractivity (Wildman–Crippen MR) is 76.8 cm³/mol. The van der Waals surface area contributed by atoms with E-state index in [1.54, 1.807) is 45.0 Å². The fourth-order valence-electron chi connectivity index (χ4n) is 1.54. The van der Waals surface area contributed by atoms with Crippen molar-refractivity contribution in [3.8, 4) is 0 Å². The molecule has 4 nitrogen and oxygen atoms in total. The quantitative estimate of drug-likeness (QED) is 0.927. The first-order valence-corrected chi connectivity index (χ1v) is 8.03. The molecule has 0 aliphatic heterocycles. The summed E-state index contributed by atoms with van der Waals surface area (Å²) in [5, 5.41) is 3.18. The van der Waals surface area contributed by atoms with Crippen LogP contribution in [0.5, 0.6) is 0 Å².